The first-order chi connectivity index (χ1) is 10.1. The van der Waals surface area contributed by atoms with Gasteiger partial charge in [0.25, 0.3) is 0 Å². The van der Waals surface area contributed by atoms with Crippen LogP contribution in [0.25, 0.3) is 22.4 Å². The van der Waals surface area contributed by atoms with Crippen LogP contribution in [0.4, 0.5) is 5.69 Å². The third-order valence-electron chi connectivity index (χ3n) is 3.30. The average molecular weight is 348 g/mol. The number of hydrogen-bond donors (Lipinski definition) is 2. The van der Waals surface area contributed by atoms with Gasteiger partial charge in [-0.3, -0.25) is 0 Å². The zero-order chi connectivity index (χ0) is 15.0. The average Bonchev–Trinajstić information content (AvgIpc) is 2.90. The third-order valence-corrected chi connectivity index (χ3v) is 3.99. The molecule has 0 atom stereocenters. The van der Waals surface area contributed by atoms with Crippen LogP contribution < -0.4 is 15.2 Å². The molecule has 3 aromatic rings. The second kappa shape index (κ2) is 5.29. The van der Waals surface area contributed by atoms with Gasteiger partial charge >= 0.3 is 0 Å². The van der Waals surface area contributed by atoms with Gasteiger partial charge in [-0.2, -0.15) is 0 Å². The van der Waals surface area contributed by atoms with Gasteiger partial charge in [-0.15, -0.1) is 0 Å². The molecule has 0 saturated heterocycles. The smallest absolute Gasteiger partial charge is 0.163 e. The molecule has 0 radical (unpaired) electrons. The quantitative estimate of drug-likeness (QED) is 0.710. The van der Waals surface area contributed by atoms with Crippen LogP contribution in [0.5, 0.6) is 11.5 Å². The summed E-state index contributed by atoms with van der Waals surface area (Å²) >= 11 is 3.43. The van der Waals surface area contributed by atoms with E-state index in [9.17, 15) is 0 Å². The highest BCUT2D eigenvalue weighted by Crippen LogP contribution is 2.35. The molecule has 1 heterocycles. The number of para-hydroxylation sites is 1. The maximum atomic E-state index is 6.09. The molecule has 108 valence electrons. The molecule has 0 saturated carbocycles. The molecular formula is C15H14BrN3O2. The third kappa shape index (κ3) is 2.31. The van der Waals surface area contributed by atoms with E-state index < -0.39 is 0 Å². The van der Waals surface area contributed by atoms with E-state index in [2.05, 4.69) is 25.9 Å². The Kier molecular flexibility index (Phi) is 3.47. The van der Waals surface area contributed by atoms with Crippen LogP contribution in [-0.4, -0.2) is 24.2 Å². The molecule has 0 bridgehead atoms. The number of halogens is 1. The van der Waals surface area contributed by atoms with E-state index >= 15 is 0 Å². The molecule has 6 heteroatoms. The number of anilines is 1. The Morgan fingerprint density at radius 2 is 1.86 bits per heavy atom. The summed E-state index contributed by atoms with van der Waals surface area (Å²) in [5, 5.41) is 0. The van der Waals surface area contributed by atoms with Crippen LogP contribution in [0.2, 0.25) is 0 Å². The van der Waals surface area contributed by atoms with Gasteiger partial charge in [0.1, 0.15) is 5.82 Å². The molecule has 0 unspecified atom stereocenters. The fraction of sp³-hybridized carbons (Fsp3) is 0.133. The number of aromatic amines is 1. The van der Waals surface area contributed by atoms with Gasteiger partial charge in [0, 0.05) is 22.2 Å². The summed E-state index contributed by atoms with van der Waals surface area (Å²) in [6, 6.07) is 9.44. The summed E-state index contributed by atoms with van der Waals surface area (Å²) in [6.07, 6.45) is 0. The van der Waals surface area contributed by atoms with Crippen molar-refractivity contribution >= 4 is 32.7 Å². The van der Waals surface area contributed by atoms with Crippen molar-refractivity contribution in [3.05, 3.63) is 34.8 Å². The number of ether oxygens (including phenoxy) is 2. The Morgan fingerprint density at radius 3 is 2.57 bits per heavy atom. The molecule has 5 nitrogen and oxygen atoms in total. The zero-order valence-electron chi connectivity index (χ0n) is 11.6. The van der Waals surface area contributed by atoms with Gasteiger partial charge in [0.05, 0.1) is 30.9 Å². The summed E-state index contributed by atoms with van der Waals surface area (Å²) in [7, 11) is 3.21. The highest BCUT2D eigenvalue weighted by molar-refractivity contribution is 9.10. The van der Waals surface area contributed by atoms with Crippen LogP contribution in [0.15, 0.2) is 34.8 Å². The zero-order valence-corrected chi connectivity index (χ0v) is 13.2. The topological polar surface area (TPSA) is 73.2 Å². The molecule has 3 rings (SSSR count). The summed E-state index contributed by atoms with van der Waals surface area (Å²) < 4.78 is 11.4. The molecule has 0 aliphatic carbocycles. The standard InChI is InChI=1S/C15H14BrN3O2/c1-20-12-6-10-11(7-13(12)21-2)19-15(18-10)8-4-3-5-9(16)14(8)17/h3-7H,17H2,1-2H3,(H,18,19). The second-order valence-electron chi connectivity index (χ2n) is 4.51. The molecule has 0 aliphatic rings. The minimum absolute atomic E-state index is 0.644. The lowest BCUT2D eigenvalue weighted by Crippen LogP contribution is -1.92. The van der Waals surface area contributed by atoms with Gasteiger partial charge in [0.15, 0.2) is 11.5 Å². The summed E-state index contributed by atoms with van der Waals surface area (Å²) in [4.78, 5) is 7.84. The molecule has 2 aromatic carbocycles. The predicted octanol–water partition coefficient (Wildman–Crippen LogP) is 3.59. The Morgan fingerprint density at radius 1 is 1.14 bits per heavy atom. The van der Waals surface area contributed by atoms with E-state index in [-0.39, 0.29) is 0 Å². The van der Waals surface area contributed by atoms with Crippen molar-refractivity contribution < 1.29 is 9.47 Å². The number of rotatable bonds is 3. The van der Waals surface area contributed by atoms with Gasteiger partial charge in [0.2, 0.25) is 0 Å². The lowest BCUT2D eigenvalue weighted by Gasteiger charge is -2.06. The summed E-state index contributed by atoms with van der Waals surface area (Å²) in [5.74, 6) is 2.01. The Labute approximate surface area is 130 Å². The lowest BCUT2D eigenvalue weighted by molar-refractivity contribution is 0.356. The first-order valence-electron chi connectivity index (χ1n) is 6.30. The largest absolute Gasteiger partial charge is 0.493 e. The first-order valence-corrected chi connectivity index (χ1v) is 7.09. The highest BCUT2D eigenvalue weighted by atomic mass is 79.9. The summed E-state index contributed by atoms with van der Waals surface area (Å²) in [5.41, 5.74) is 9.24. The van der Waals surface area contributed by atoms with Crippen molar-refractivity contribution in [2.24, 2.45) is 0 Å². The van der Waals surface area contributed by atoms with Gasteiger partial charge in [-0.05, 0) is 28.1 Å². The number of nitrogen functional groups attached to an aromatic ring is 1. The Hall–Kier alpha value is -2.21. The summed E-state index contributed by atoms with van der Waals surface area (Å²) in [6.45, 7) is 0. The van der Waals surface area contributed by atoms with Crippen LogP contribution in [-0.2, 0) is 0 Å². The normalized spacial score (nSPS) is 10.8. The monoisotopic (exact) mass is 347 g/mol. The van der Waals surface area contributed by atoms with Crippen molar-refractivity contribution in [3.8, 4) is 22.9 Å². The SMILES string of the molecule is COc1cc2nc(-c3cccc(Br)c3N)[nH]c2cc1OC. The molecule has 0 spiro atoms. The van der Waals surface area contributed by atoms with Crippen LogP contribution in [0, 0.1) is 0 Å². The van der Waals surface area contributed by atoms with Crippen LogP contribution in [0.3, 0.4) is 0 Å². The first kappa shape index (κ1) is 13.8. The van der Waals surface area contributed by atoms with Crippen LogP contribution in [0.1, 0.15) is 0 Å². The number of imidazole rings is 1. The number of hydrogen-bond acceptors (Lipinski definition) is 4. The van der Waals surface area contributed by atoms with E-state index in [1.54, 1.807) is 14.2 Å². The van der Waals surface area contributed by atoms with E-state index in [0.29, 0.717) is 23.0 Å². The number of benzene rings is 2. The molecule has 3 N–H and O–H groups in total. The van der Waals surface area contributed by atoms with Gasteiger partial charge in [-0.25, -0.2) is 4.98 Å². The predicted molar refractivity (Wildman–Crippen MR) is 86.7 cm³/mol. The number of nitrogens with two attached hydrogens (primary N) is 1. The fourth-order valence-corrected chi connectivity index (χ4v) is 2.57. The molecule has 1 aromatic heterocycles. The molecule has 0 aliphatic heterocycles. The number of nitrogens with zero attached hydrogens (tertiary/aromatic N) is 1. The minimum Gasteiger partial charge on any atom is -0.493 e. The number of aromatic nitrogens is 2. The van der Waals surface area contributed by atoms with E-state index in [4.69, 9.17) is 15.2 Å². The lowest BCUT2D eigenvalue weighted by atomic mass is 10.2. The van der Waals surface area contributed by atoms with Crippen molar-refractivity contribution in [2.75, 3.05) is 20.0 Å². The highest BCUT2D eigenvalue weighted by Gasteiger charge is 2.13. The van der Waals surface area contributed by atoms with Gasteiger partial charge < -0.3 is 20.2 Å². The molecule has 21 heavy (non-hydrogen) atoms. The molecular weight excluding hydrogens is 334 g/mol. The van der Waals surface area contributed by atoms with Gasteiger partial charge in [-0.1, -0.05) is 6.07 Å². The number of methoxy groups -OCH3 is 2. The van der Waals surface area contributed by atoms with Crippen molar-refractivity contribution in [3.63, 3.8) is 0 Å². The number of nitrogens with one attached hydrogen (secondary N) is 1. The molecule has 0 amide bonds. The van der Waals surface area contributed by atoms with Crippen molar-refractivity contribution in [1.82, 2.24) is 9.97 Å². The van der Waals surface area contributed by atoms with Crippen molar-refractivity contribution in [2.45, 2.75) is 0 Å². The van der Waals surface area contributed by atoms with E-state index in [0.717, 1.165) is 21.1 Å². The maximum absolute atomic E-state index is 6.09. The molecule has 0 fully saturated rings. The minimum atomic E-state index is 0.644. The maximum Gasteiger partial charge on any atom is 0.163 e. The second-order valence-corrected chi connectivity index (χ2v) is 5.37. The van der Waals surface area contributed by atoms with E-state index in [1.165, 1.54) is 0 Å². The number of fused-ring (bicyclic) bond motifs is 1. The Balaban J connectivity index is 2.19. The Bertz CT molecular complexity index is 773. The van der Waals surface area contributed by atoms with E-state index in [1.807, 2.05) is 30.3 Å². The van der Waals surface area contributed by atoms with Crippen LogP contribution >= 0.6 is 15.9 Å². The number of H-pyrrole nitrogens is 1. The fourth-order valence-electron chi connectivity index (χ4n) is 2.21. The van der Waals surface area contributed by atoms with Crippen molar-refractivity contribution in [1.29, 1.82) is 0 Å².